The zero-order chi connectivity index (χ0) is 61.8. The Morgan fingerprint density at radius 1 is 0.627 bits per heavy atom. The second-order valence-electron chi connectivity index (χ2n) is 25.7. The van der Waals surface area contributed by atoms with Crippen LogP contribution in [0.4, 0.5) is 0 Å². The minimum atomic E-state index is -2.00. The first-order valence-corrected chi connectivity index (χ1v) is 29.0. The molecule has 19 nitrogen and oxygen atoms in total. The molecule has 8 N–H and O–H groups in total. The molecule has 0 amide bonds. The Hall–Kier alpha value is -5.51. The second kappa shape index (κ2) is 23.7. The summed E-state index contributed by atoms with van der Waals surface area (Å²) in [6, 6.07) is 0. The fourth-order valence-electron chi connectivity index (χ4n) is 16.3. The largest absolute Gasteiger partial charge is 0.455 e. The average molecular weight is 1160 g/mol. The maximum atomic E-state index is 13.3. The molecule has 19 heteroatoms. The Morgan fingerprint density at radius 3 is 1.42 bits per heavy atom. The minimum absolute atomic E-state index is 0.156. The summed E-state index contributed by atoms with van der Waals surface area (Å²) in [5.41, 5.74) is -10.4. The molecule has 8 aliphatic carbocycles. The number of Topliss-reactive ketones (excluding diaryl/α,β-unsaturated/α-hetero) is 2. The second-order valence-corrected chi connectivity index (χ2v) is 25.7. The Bertz CT molecular complexity index is 2850. The van der Waals surface area contributed by atoms with Gasteiger partial charge in [0.2, 0.25) is 0 Å². The molecule has 0 heterocycles. The molecule has 18 atom stereocenters. The Morgan fingerprint density at radius 2 is 1.04 bits per heavy atom. The van der Waals surface area contributed by atoms with Gasteiger partial charge in [0, 0.05) is 97.0 Å². The summed E-state index contributed by atoms with van der Waals surface area (Å²) in [5.74, 6) is -10.3. The third-order valence-electron chi connectivity index (χ3n) is 20.2. The Kier molecular flexibility index (Phi) is 18.6. The third kappa shape index (κ3) is 10.6. The van der Waals surface area contributed by atoms with Crippen LogP contribution in [0.25, 0.3) is 0 Å². The molecule has 4 fully saturated rings. The van der Waals surface area contributed by atoms with E-state index in [2.05, 4.69) is 6.92 Å². The first kappa shape index (κ1) is 65.0. The van der Waals surface area contributed by atoms with Gasteiger partial charge in [-0.05, 0) is 48.6 Å². The lowest BCUT2D eigenvalue weighted by Gasteiger charge is -2.53. The topological polar surface area (TPSA) is 318 Å². The maximum Gasteiger partial charge on any atom is 0.331 e. The molecule has 0 aromatic carbocycles. The van der Waals surface area contributed by atoms with E-state index in [-0.39, 0.29) is 12.8 Å². The molecular weight excluding hydrogens is 1070 g/mol. The van der Waals surface area contributed by atoms with Crippen molar-refractivity contribution in [1.29, 1.82) is 0 Å². The van der Waals surface area contributed by atoms with E-state index in [0.717, 1.165) is 44.3 Å². The van der Waals surface area contributed by atoms with Crippen LogP contribution in [0.2, 0.25) is 0 Å². The highest BCUT2D eigenvalue weighted by Crippen LogP contribution is 2.78. The molecule has 83 heavy (non-hydrogen) atoms. The van der Waals surface area contributed by atoms with Crippen LogP contribution in [0.15, 0.2) is 95.2 Å². The van der Waals surface area contributed by atoms with Gasteiger partial charge in [0.05, 0.1) is 36.6 Å². The van der Waals surface area contributed by atoms with Crippen molar-refractivity contribution in [3.63, 3.8) is 0 Å². The van der Waals surface area contributed by atoms with Crippen LogP contribution in [0.5, 0.6) is 0 Å². The predicted octanol–water partition coefficient (Wildman–Crippen LogP) is 4.61. The first-order valence-electron chi connectivity index (χ1n) is 29.0. The van der Waals surface area contributed by atoms with Crippen molar-refractivity contribution in [2.24, 2.45) is 58.2 Å². The molecule has 0 aromatic rings. The van der Waals surface area contributed by atoms with Crippen LogP contribution >= 0.6 is 0 Å². The first-order chi connectivity index (χ1) is 38.8. The van der Waals surface area contributed by atoms with Crippen LogP contribution < -0.4 is 0 Å². The summed E-state index contributed by atoms with van der Waals surface area (Å²) in [5, 5.41) is 89.6. The number of aliphatic hydroxyl groups is 8. The molecule has 8 rings (SSSR count). The highest BCUT2D eigenvalue weighted by Gasteiger charge is 2.89. The molecule has 0 aliphatic heterocycles. The fraction of sp³-hybridized carbons (Fsp3) is 0.641. The number of carbonyl (C=O) groups excluding carboxylic acids is 7. The van der Waals surface area contributed by atoms with E-state index in [1.54, 1.807) is 52.0 Å². The number of rotatable bonds is 19. The van der Waals surface area contributed by atoms with Gasteiger partial charge in [-0.3, -0.25) is 24.0 Å². The number of ether oxygens (including phenoxy) is 4. The molecule has 8 aliphatic rings. The molecule has 0 spiro atoms. The summed E-state index contributed by atoms with van der Waals surface area (Å²) in [6.07, 6.45) is 18.4. The Labute approximate surface area is 485 Å². The van der Waals surface area contributed by atoms with Gasteiger partial charge in [-0.25, -0.2) is 9.59 Å². The van der Waals surface area contributed by atoms with Crippen molar-refractivity contribution in [2.45, 2.75) is 186 Å². The highest BCUT2D eigenvalue weighted by molar-refractivity contribution is 6.05. The maximum absolute atomic E-state index is 13.3. The van der Waals surface area contributed by atoms with Crippen molar-refractivity contribution < 1.29 is 93.4 Å². The molecule has 4 saturated carbocycles. The molecular formula is C64H86O19. The summed E-state index contributed by atoms with van der Waals surface area (Å²) >= 11 is 0. The van der Waals surface area contributed by atoms with Crippen molar-refractivity contribution in [1.82, 2.24) is 0 Å². The van der Waals surface area contributed by atoms with Gasteiger partial charge in [-0.2, -0.15) is 0 Å². The number of ketones is 2. The smallest absolute Gasteiger partial charge is 0.331 e. The molecule has 0 saturated heterocycles. The number of unbranched alkanes of at least 4 members (excludes halogenated alkanes) is 4. The lowest BCUT2D eigenvalue weighted by molar-refractivity contribution is -0.226. The number of hydrogen-bond donors (Lipinski definition) is 8. The van der Waals surface area contributed by atoms with Crippen LogP contribution in [0.1, 0.15) is 128 Å². The van der Waals surface area contributed by atoms with Gasteiger partial charge in [0.25, 0.3) is 0 Å². The molecule has 456 valence electrons. The van der Waals surface area contributed by atoms with Crippen molar-refractivity contribution in [3.8, 4) is 0 Å². The van der Waals surface area contributed by atoms with Gasteiger partial charge >= 0.3 is 23.9 Å². The van der Waals surface area contributed by atoms with Gasteiger partial charge in [0.1, 0.15) is 29.7 Å². The van der Waals surface area contributed by atoms with Gasteiger partial charge < -0.3 is 59.8 Å². The van der Waals surface area contributed by atoms with Gasteiger partial charge in [-0.1, -0.05) is 135 Å². The number of carbonyl (C=O) groups is 7. The van der Waals surface area contributed by atoms with Crippen LogP contribution in [0, 0.1) is 58.2 Å². The van der Waals surface area contributed by atoms with E-state index in [1.165, 1.54) is 50.3 Å². The minimum Gasteiger partial charge on any atom is -0.455 e. The van der Waals surface area contributed by atoms with Crippen LogP contribution in [-0.4, -0.2) is 154 Å². The quantitative estimate of drug-likeness (QED) is 0.0167. The summed E-state index contributed by atoms with van der Waals surface area (Å²) in [4.78, 5) is 87.8. The molecule has 0 radical (unpaired) electrons. The van der Waals surface area contributed by atoms with Gasteiger partial charge in [0.15, 0.2) is 22.8 Å². The summed E-state index contributed by atoms with van der Waals surface area (Å²) < 4.78 is 23.8. The lowest BCUT2D eigenvalue weighted by atomic mass is 9.59. The van der Waals surface area contributed by atoms with E-state index in [9.17, 15) is 74.4 Å². The number of fused-ring (bicyclic) bond motifs is 10. The monoisotopic (exact) mass is 1160 g/mol. The van der Waals surface area contributed by atoms with Gasteiger partial charge in [-0.15, -0.1) is 0 Å². The standard InChI is InChI=1S/C36H52O10.C28H34O9/c1-7-8-9-10-11-14-26(39)27(40)15-12-13-16-29(41)45-32-22(3)35(44)25(30-33(5,6)36(30,32)46-23(4)38)18-24(20-37)19-34(43)28(35)17-21(2)31(34)42;1-15-11-20-26(34,23(15)33)13-18(14-30)12-19-22-25(4,5)28(22,37-17(3)31)24(16(2)27(19,20)35)36-21(32)9-7-6-8-10-29/h12-13,15-18,22,25-28,30,32,37,39-40,43-44H,7-11,14,19-20H2,1-6H3;6-12,16,19-20,22,24,30,34-35H,13-14H2,1-5H3/b15-12+,16-13+;8-6+,9-7+/t22-,25+,26?,27?,28-,30-,32-,34-,35-,36-;16-,19+,20-,22-,24-,26-,27-,28-/m11/s1. The fourth-order valence-corrected chi connectivity index (χ4v) is 16.3. The lowest BCUT2D eigenvalue weighted by Crippen LogP contribution is -2.66. The average Bonchev–Trinajstić information content (AvgIpc) is 1.49. The number of aliphatic hydroxyl groups excluding tert-OH is 4. The van der Waals surface area contributed by atoms with E-state index in [4.69, 9.17) is 18.9 Å². The van der Waals surface area contributed by atoms with Crippen molar-refractivity contribution in [3.05, 3.63) is 95.2 Å². The van der Waals surface area contributed by atoms with E-state index in [0.29, 0.717) is 35.0 Å². The molecule has 2 unspecified atom stereocenters. The van der Waals surface area contributed by atoms with Crippen LogP contribution in [-0.2, 0) is 52.5 Å². The highest BCUT2D eigenvalue weighted by atomic mass is 16.6. The zero-order valence-corrected chi connectivity index (χ0v) is 49.6. The predicted molar refractivity (Wildman–Crippen MR) is 300 cm³/mol. The SMILES string of the molecule is CC(=O)O[C@@]12[C@H](OC(=O)/C=C/C=C/C=O)[C@@H](C)[C@@]3(O)[C@@H](C=C(CO)C[C@]4(O)C(=O)C(C)=C[C@@H]34)[C@@H]1C2(C)C.CCCCCCCC(O)C(O)/C=C/C=C/C(=O)O[C@@H]1[C@@H](C)[C@@]2(O)[C@@H](C=C(CO)C[C@]3(O)C(=O)C(C)=C[C@@H]23)[C@@H]2C(C)(C)[C@]12OC(C)=O. The zero-order valence-electron chi connectivity index (χ0n) is 49.6. The number of aldehydes is 1. The summed E-state index contributed by atoms with van der Waals surface area (Å²) in [6.45, 7) is 17.7. The van der Waals surface area contributed by atoms with E-state index >= 15 is 0 Å². The van der Waals surface area contributed by atoms with E-state index in [1.807, 2.05) is 27.7 Å². The number of esters is 4. The summed E-state index contributed by atoms with van der Waals surface area (Å²) in [7, 11) is 0. The number of allylic oxidation sites excluding steroid dienone is 5. The third-order valence-corrected chi connectivity index (χ3v) is 20.2. The Balaban J connectivity index is 0.000000244. The molecule has 0 aromatic heterocycles. The van der Waals surface area contributed by atoms with Crippen molar-refractivity contribution >= 4 is 41.7 Å². The van der Waals surface area contributed by atoms with Crippen LogP contribution in [0.3, 0.4) is 0 Å². The van der Waals surface area contributed by atoms with Crippen molar-refractivity contribution in [2.75, 3.05) is 13.2 Å². The molecule has 0 bridgehead atoms. The normalized spacial score (nSPS) is 39.4. The number of hydrogen-bond acceptors (Lipinski definition) is 19. The van der Waals surface area contributed by atoms with E-state index < -0.39 is 165 Å².